The maximum absolute atomic E-state index is 12.3. The first-order chi connectivity index (χ1) is 9.51. The Morgan fingerprint density at radius 2 is 1.95 bits per heavy atom. The average Bonchev–Trinajstić information content (AvgIpc) is 2.91. The lowest BCUT2D eigenvalue weighted by Crippen LogP contribution is -2.27. The first-order valence-corrected chi connectivity index (χ1v) is 9.19. The first-order valence-electron chi connectivity index (χ1n) is 6.10. The Bertz CT molecular complexity index is 654. The standard InChI is InChI=1S/C14H16ClNO2S2/c1-16(9-14-5-6-19-10-14)20(17,18)11-13-4-2-3-12(7-13)8-15/h2-7,10H,8-9,11H2,1H3. The second kappa shape index (κ2) is 6.72. The zero-order valence-electron chi connectivity index (χ0n) is 11.1. The predicted octanol–water partition coefficient (Wildman–Crippen LogP) is 3.45. The van der Waals surface area contributed by atoms with E-state index in [9.17, 15) is 8.42 Å². The molecule has 0 unspecified atom stereocenters. The molecular formula is C14H16ClNO2S2. The molecule has 0 N–H and O–H groups in total. The maximum Gasteiger partial charge on any atom is 0.218 e. The summed E-state index contributed by atoms with van der Waals surface area (Å²) in [5, 5.41) is 3.90. The van der Waals surface area contributed by atoms with Crippen LogP contribution in [0, 0.1) is 0 Å². The summed E-state index contributed by atoms with van der Waals surface area (Å²) in [4.78, 5) is 0. The molecule has 0 aliphatic heterocycles. The van der Waals surface area contributed by atoms with E-state index in [1.165, 1.54) is 4.31 Å². The molecule has 0 amide bonds. The van der Waals surface area contributed by atoms with E-state index < -0.39 is 10.0 Å². The van der Waals surface area contributed by atoms with Gasteiger partial charge < -0.3 is 0 Å². The number of hydrogen-bond acceptors (Lipinski definition) is 3. The van der Waals surface area contributed by atoms with Crippen molar-refractivity contribution in [3.8, 4) is 0 Å². The number of hydrogen-bond donors (Lipinski definition) is 0. The van der Waals surface area contributed by atoms with Crippen LogP contribution in [0.2, 0.25) is 0 Å². The normalized spacial score (nSPS) is 11.9. The van der Waals surface area contributed by atoms with E-state index in [1.54, 1.807) is 18.4 Å². The second-order valence-corrected chi connectivity index (χ2v) is 7.72. The van der Waals surface area contributed by atoms with E-state index in [-0.39, 0.29) is 5.75 Å². The molecular weight excluding hydrogens is 314 g/mol. The van der Waals surface area contributed by atoms with Gasteiger partial charge in [0.25, 0.3) is 0 Å². The molecule has 0 radical (unpaired) electrons. The van der Waals surface area contributed by atoms with Crippen molar-refractivity contribution in [3.63, 3.8) is 0 Å². The van der Waals surface area contributed by atoms with Gasteiger partial charge in [-0.3, -0.25) is 0 Å². The van der Waals surface area contributed by atoms with Crippen LogP contribution in [-0.4, -0.2) is 19.8 Å². The molecule has 1 heterocycles. The minimum absolute atomic E-state index is 0.00162. The van der Waals surface area contributed by atoms with E-state index in [1.807, 2.05) is 41.1 Å². The van der Waals surface area contributed by atoms with Gasteiger partial charge in [0.1, 0.15) is 0 Å². The van der Waals surface area contributed by atoms with Gasteiger partial charge >= 0.3 is 0 Å². The summed E-state index contributed by atoms with van der Waals surface area (Å²) in [5.74, 6) is 0.386. The van der Waals surface area contributed by atoms with Gasteiger partial charge in [0.2, 0.25) is 10.0 Å². The summed E-state index contributed by atoms with van der Waals surface area (Å²) in [7, 11) is -1.71. The molecule has 2 rings (SSSR count). The molecule has 3 nitrogen and oxygen atoms in total. The highest BCUT2D eigenvalue weighted by Gasteiger charge is 2.19. The van der Waals surface area contributed by atoms with Crippen LogP contribution in [0.25, 0.3) is 0 Å². The van der Waals surface area contributed by atoms with Gasteiger partial charge in [-0.05, 0) is 33.5 Å². The summed E-state index contributed by atoms with van der Waals surface area (Å²) in [6.45, 7) is 0.404. The minimum atomic E-state index is -3.32. The summed E-state index contributed by atoms with van der Waals surface area (Å²) in [5.41, 5.74) is 2.70. The molecule has 6 heteroatoms. The summed E-state index contributed by atoms with van der Waals surface area (Å²) < 4.78 is 26.0. The Hall–Kier alpha value is -0.880. The van der Waals surface area contributed by atoms with Gasteiger partial charge in [0, 0.05) is 19.5 Å². The molecule has 1 aromatic heterocycles. The molecule has 1 aromatic carbocycles. The Morgan fingerprint density at radius 3 is 2.60 bits per heavy atom. The minimum Gasteiger partial charge on any atom is -0.212 e. The van der Waals surface area contributed by atoms with Crippen LogP contribution in [0.4, 0.5) is 0 Å². The average molecular weight is 330 g/mol. The zero-order valence-corrected chi connectivity index (χ0v) is 13.5. The molecule has 0 bridgehead atoms. The molecule has 0 aliphatic rings. The van der Waals surface area contributed by atoms with Gasteiger partial charge in [0.15, 0.2) is 0 Å². The SMILES string of the molecule is CN(Cc1ccsc1)S(=O)(=O)Cc1cccc(CCl)c1. The van der Waals surface area contributed by atoms with Crippen molar-refractivity contribution >= 4 is 33.0 Å². The number of alkyl halides is 1. The largest absolute Gasteiger partial charge is 0.218 e. The van der Waals surface area contributed by atoms with Crippen LogP contribution in [0.15, 0.2) is 41.1 Å². The highest BCUT2D eigenvalue weighted by atomic mass is 35.5. The Morgan fingerprint density at radius 1 is 1.20 bits per heavy atom. The van der Waals surface area contributed by atoms with Crippen LogP contribution in [0.1, 0.15) is 16.7 Å². The topological polar surface area (TPSA) is 37.4 Å². The van der Waals surface area contributed by atoms with E-state index in [2.05, 4.69) is 0 Å². The fourth-order valence-corrected chi connectivity index (χ4v) is 3.85. The summed E-state index contributed by atoms with van der Waals surface area (Å²) in [6, 6.07) is 9.31. The van der Waals surface area contributed by atoms with Crippen molar-refractivity contribution in [3.05, 3.63) is 57.8 Å². The van der Waals surface area contributed by atoms with Crippen molar-refractivity contribution < 1.29 is 8.42 Å². The lowest BCUT2D eigenvalue weighted by molar-refractivity contribution is 0.466. The number of benzene rings is 1. The number of nitrogens with zero attached hydrogens (tertiary/aromatic N) is 1. The van der Waals surface area contributed by atoms with Crippen LogP contribution < -0.4 is 0 Å². The maximum atomic E-state index is 12.3. The van der Waals surface area contributed by atoms with Crippen LogP contribution in [0.5, 0.6) is 0 Å². The molecule has 0 aliphatic carbocycles. The monoisotopic (exact) mass is 329 g/mol. The van der Waals surface area contributed by atoms with Crippen LogP contribution in [0.3, 0.4) is 0 Å². The highest BCUT2D eigenvalue weighted by Crippen LogP contribution is 2.16. The third-order valence-electron chi connectivity index (χ3n) is 2.95. The number of halogens is 1. The Balaban J connectivity index is 2.09. The first kappa shape index (κ1) is 15.5. The molecule has 0 saturated carbocycles. The highest BCUT2D eigenvalue weighted by molar-refractivity contribution is 7.88. The fourth-order valence-electron chi connectivity index (χ4n) is 1.86. The fraction of sp³-hybridized carbons (Fsp3) is 0.286. The van der Waals surface area contributed by atoms with Gasteiger partial charge in [0.05, 0.1) is 5.75 Å². The smallest absolute Gasteiger partial charge is 0.212 e. The molecule has 108 valence electrons. The summed E-state index contributed by atoms with van der Waals surface area (Å²) in [6.07, 6.45) is 0. The number of rotatable bonds is 6. The Labute approximate surface area is 128 Å². The molecule has 0 saturated heterocycles. The lowest BCUT2D eigenvalue weighted by Gasteiger charge is -2.16. The third kappa shape index (κ3) is 4.06. The van der Waals surface area contributed by atoms with Crippen LogP contribution >= 0.6 is 22.9 Å². The quantitative estimate of drug-likeness (QED) is 0.761. The molecule has 20 heavy (non-hydrogen) atoms. The summed E-state index contributed by atoms with van der Waals surface area (Å²) >= 11 is 7.33. The van der Waals surface area contributed by atoms with Gasteiger partial charge in [-0.25, -0.2) is 12.7 Å². The van der Waals surface area contributed by atoms with Gasteiger partial charge in [-0.2, -0.15) is 11.3 Å². The Kier molecular flexibility index (Phi) is 5.21. The van der Waals surface area contributed by atoms with Crippen molar-refractivity contribution in [1.29, 1.82) is 0 Å². The number of sulfonamides is 1. The number of thiophene rings is 1. The van der Waals surface area contributed by atoms with E-state index in [0.29, 0.717) is 12.4 Å². The molecule has 2 aromatic rings. The van der Waals surface area contributed by atoms with E-state index in [0.717, 1.165) is 16.7 Å². The third-order valence-corrected chi connectivity index (χ3v) is 5.77. The van der Waals surface area contributed by atoms with Crippen LogP contribution in [-0.2, 0) is 28.2 Å². The van der Waals surface area contributed by atoms with Gasteiger partial charge in [-0.15, -0.1) is 11.6 Å². The van der Waals surface area contributed by atoms with Crippen molar-refractivity contribution in [1.82, 2.24) is 4.31 Å². The zero-order chi connectivity index (χ0) is 14.6. The van der Waals surface area contributed by atoms with E-state index in [4.69, 9.17) is 11.6 Å². The molecule has 0 fully saturated rings. The van der Waals surface area contributed by atoms with Gasteiger partial charge in [-0.1, -0.05) is 24.3 Å². The van der Waals surface area contributed by atoms with Crippen molar-refractivity contribution in [2.45, 2.75) is 18.2 Å². The van der Waals surface area contributed by atoms with Crippen molar-refractivity contribution in [2.75, 3.05) is 7.05 Å². The van der Waals surface area contributed by atoms with Crippen molar-refractivity contribution in [2.24, 2.45) is 0 Å². The molecule has 0 atom stereocenters. The lowest BCUT2D eigenvalue weighted by atomic mass is 10.2. The second-order valence-electron chi connectivity index (χ2n) is 4.60. The van der Waals surface area contributed by atoms with E-state index >= 15 is 0 Å². The molecule has 0 spiro atoms. The predicted molar refractivity (Wildman–Crippen MR) is 84.4 cm³/mol.